The Kier molecular flexibility index (Phi) is 5.95. The first-order valence-electron chi connectivity index (χ1n) is 8.62. The van der Waals surface area contributed by atoms with E-state index >= 15 is 0 Å². The van der Waals surface area contributed by atoms with E-state index in [2.05, 4.69) is 10.6 Å². The Bertz CT molecular complexity index is 685. The highest BCUT2D eigenvalue weighted by Crippen LogP contribution is 2.37. The van der Waals surface area contributed by atoms with Crippen molar-refractivity contribution in [3.05, 3.63) is 70.7 Å². The molecule has 0 aliphatic heterocycles. The lowest BCUT2D eigenvalue weighted by Gasteiger charge is -2.36. The molecular formula is C20H23ClN2O2. The van der Waals surface area contributed by atoms with E-state index in [0.29, 0.717) is 12.3 Å². The molecule has 2 amide bonds. The Morgan fingerprint density at radius 3 is 2.48 bits per heavy atom. The number of hydrogen-bond donors (Lipinski definition) is 3. The number of amides is 2. The van der Waals surface area contributed by atoms with Crippen LogP contribution in [0.3, 0.4) is 0 Å². The van der Waals surface area contributed by atoms with Crippen molar-refractivity contribution in [2.24, 2.45) is 0 Å². The second kappa shape index (κ2) is 8.37. The summed E-state index contributed by atoms with van der Waals surface area (Å²) in [5, 5.41) is 16.5. The van der Waals surface area contributed by atoms with Gasteiger partial charge in [0.15, 0.2) is 0 Å². The van der Waals surface area contributed by atoms with Gasteiger partial charge in [-0.15, -0.1) is 0 Å². The lowest BCUT2D eigenvalue weighted by molar-refractivity contribution is 0.168. The van der Waals surface area contributed by atoms with E-state index in [1.54, 1.807) is 0 Å². The molecule has 1 fully saturated rings. The van der Waals surface area contributed by atoms with Gasteiger partial charge < -0.3 is 15.7 Å². The number of hydrogen-bond acceptors (Lipinski definition) is 2. The first kappa shape index (κ1) is 17.8. The predicted octanol–water partition coefficient (Wildman–Crippen LogP) is 3.49. The zero-order chi connectivity index (χ0) is 17.6. The molecule has 0 bridgehead atoms. The largest absolute Gasteiger partial charge is 0.391 e. The normalized spacial score (nSPS) is 20.4. The van der Waals surface area contributed by atoms with E-state index in [1.807, 2.05) is 54.6 Å². The maximum absolute atomic E-state index is 11.9. The van der Waals surface area contributed by atoms with Crippen LogP contribution in [0.2, 0.25) is 5.02 Å². The van der Waals surface area contributed by atoms with Gasteiger partial charge in [0.05, 0.1) is 6.10 Å². The fraction of sp³-hybridized carbons (Fsp3) is 0.350. The summed E-state index contributed by atoms with van der Waals surface area (Å²) in [5.74, 6) is 0.478. The van der Waals surface area contributed by atoms with Gasteiger partial charge in [0.25, 0.3) is 0 Å². The average Bonchev–Trinajstić information content (AvgIpc) is 2.58. The van der Waals surface area contributed by atoms with Crippen LogP contribution in [0.15, 0.2) is 54.6 Å². The first-order chi connectivity index (χ1) is 12.1. The molecule has 4 nitrogen and oxygen atoms in total. The Hall–Kier alpha value is -2.04. The third kappa shape index (κ3) is 5.21. The highest BCUT2D eigenvalue weighted by molar-refractivity contribution is 6.30. The second-order valence-corrected chi connectivity index (χ2v) is 7.05. The van der Waals surface area contributed by atoms with Crippen LogP contribution in [-0.2, 0) is 6.42 Å². The van der Waals surface area contributed by atoms with Crippen molar-refractivity contribution in [1.29, 1.82) is 0 Å². The van der Waals surface area contributed by atoms with Crippen molar-refractivity contribution in [3.63, 3.8) is 0 Å². The molecule has 0 spiro atoms. The zero-order valence-electron chi connectivity index (χ0n) is 14.0. The van der Waals surface area contributed by atoms with Crippen molar-refractivity contribution in [2.75, 3.05) is 6.54 Å². The molecule has 0 aromatic heterocycles. The molecule has 2 aromatic carbocycles. The number of aliphatic hydroxyl groups excluding tert-OH is 1. The summed E-state index contributed by atoms with van der Waals surface area (Å²) in [4.78, 5) is 11.9. The van der Waals surface area contributed by atoms with Crippen LogP contribution >= 0.6 is 11.6 Å². The SMILES string of the molecule is O=C(NCC(O)Cc1ccccc1)NC1CC(c2ccc(Cl)cc2)C1. The summed E-state index contributed by atoms with van der Waals surface area (Å²) < 4.78 is 0. The topological polar surface area (TPSA) is 61.4 Å². The van der Waals surface area contributed by atoms with Crippen LogP contribution in [-0.4, -0.2) is 29.8 Å². The molecule has 0 saturated heterocycles. The maximum Gasteiger partial charge on any atom is 0.315 e. The molecule has 1 aliphatic carbocycles. The Morgan fingerprint density at radius 1 is 1.12 bits per heavy atom. The van der Waals surface area contributed by atoms with Gasteiger partial charge in [-0.2, -0.15) is 0 Å². The van der Waals surface area contributed by atoms with Crippen LogP contribution in [0.1, 0.15) is 29.9 Å². The van der Waals surface area contributed by atoms with E-state index in [-0.39, 0.29) is 18.6 Å². The number of rotatable bonds is 6. The van der Waals surface area contributed by atoms with E-state index in [0.717, 1.165) is 23.4 Å². The van der Waals surface area contributed by atoms with Crippen molar-refractivity contribution >= 4 is 17.6 Å². The molecule has 1 aliphatic rings. The van der Waals surface area contributed by atoms with E-state index < -0.39 is 6.10 Å². The first-order valence-corrected chi connectivity index (χ1v) is 9.00. The van der Waals surface area contributed by atoms with Crippen LogP contribution in [0.5, 0.6) is 0 Å². The molecule has 25 heavy (non-hydrogen) atoms. The maximum atomic E-state index is 11.9. The quantitative estimate of drug-likeness (QED) is 0.740. The fourth-order valence-corrected chi connectivity index (χ4v) is 3.27. The van der Waals surface area contributed by atoms with E-state index in [4.69, 9.17) is 11.6 Å². The van der Waals surface area contributed by atoms with Gasteiger partial charge in [-0.25, -0.2) is 4.79 Å². The second-order valence-electron chi connectivity index (χ2n) is 6.61. The average molecular weight is 359 g/mol. The minimum atomic E-state index is -0.587. The smallest absolute Gasteiger partial charge is 0.315 e. The van der Waals surface area contributed by atoms with E-state index in [9.17, 15) is 9.90 Å². The standard InChI is InChI=1S/C20H23ClN2O2/c21-17-8-6-15(7-9-17)16-11-18(12-16)23-20(25)22-13-19(24)10-14-4-2-1-3-5-14/h1-9,16,18-19,24H,10-13H2,(H2,22,23,25). The lowest BCUT2D eigenvalue weighted by Crippen LogP contribution is -2.49. The highest BCUT2D eigenvalue weighted by Gasteiger charge is 2.31. The highest BCUT2D eigenvalue weighted by atomic mass is 35.5. The molecule has 1 unspecified atom stereocenters. The number of carbonyl (C=O) groups is 1. The van der Waals surface area contributed by atoms with Gasteiger partial charge >= 0.3 is 6.03 Å². The van der Waals surface area contributed by atoms with Crippen molar-refractivity contribution in [3.8, 4) is 0 Å². The molecule has 1 saturated carbocycles. The van der Waals surface area contributed by atoms with Crippen molar-refractivity contribution in [2.45, 2.75) is 37.3 Å². The number of nitrogens with one attached hydrogen (secondary N) is 2. The van der Waals surface area contributed by atoms with Gasteiger partial charge in [-0.05, 0) is 42.0 Å². The number of urea groups is 1. The molecular weight excluding hydrogens is 336 g/mol. The number of halogens is 1. The van der Waals surface area contributed by atoms with Gasteiger partial charge in [-0.3, -0.25) is 0 Å². The van der Waals surface area contributed by atoms with Crippen LogP contribution in [0, 0.1) is 0 Å². The number of benzene rings is 2. The summed E-state index contributed by atoms with van der Waals surface area (Å²) in [6, 6.07) is 17.6. The molecule has 132 valence electrons. The molecule has 5 heteroatoms. The van der Waals surface area contributed by atoms with Gasteiger partial charge in [0, 0.05) is 24.0 Å². The van der Waals surface area contributed by atoms with Crippen molar-refractivity contribution in [1.82, 2.24) is 10.6 Å². The van der Waals surface area contributed by atoms with Crippen LogP contribution < -0.4 is 10.6 Å². The lowest BCUT2D eigenvalue weighted by atomic mass is 9.76. The number of aliphatic hydroxyl groups is 1. The van der Waals surface area contributed by atoms with Crippen LogP contribution in [0.25, 0.3) is 0 Å². The van der Waals surface area contributed by atoms with E-state index in [1.165, 1.54) is 5.56 Å². The summed E-state index contributed by atoms with van der Waals surface area (Å²) in [7, 11) is 0. The number of carbonyl (C=O) groups excluding carboxylic acids is 1. The monoisotopic (exact) mass is 358 g/mol. The summed E-state index contributed by atoms with van der Waals surface area (Å²) >= 11 is 5.90. The summed E-state index contributed by atoms with van der Waals surface area (Å²) in [6.45, 7) is 0.244. The van der Waals surface area contributed by atoms with Gasteiger partial charge in [0.2, 0.25) is 0 Å². The molecule has 0 heterocycles. The predicted molar refractivity (Wildman–Crippen MR) is 99.9 cm³/mol. The van der Waals surface area contributed by atoms with Crippen molar-refractivity contribution < 1.29 is 9.90 Å². The van der Waals surface area contributed by atoms with Crippen LogP contribution in [0.4, 0.5) is 4.79 Å². The third-order valence-corrected chi connectivity index (χ3v) is 4.88. The fourth-order valence-electron chi connectivity index (χ4n) is 3.15. The Balaban J connectivity index is 1.34. The molecule has 0 radical (unpaired) electrons. The Labute approximate surface area is 153 Å². The minimum absolute atomic E-state index is 0.187. The molecule has 3 rings (SSSR count). The Morgan fingerprint density at radius 2 is 1.80 bits per heavy atom. The minimum Gasteiger partial charge on any atom is -0.391 e. The third-order valence-electron chi connectivity index (χ3n) is 4.63. The van der Waals surface area contributed by atoms with Gasteiger partial charge in [-0.1, -0.05) is 54.1 Å². The summed E-state index contributed by atoms with van der Waals surface area (Å²) in [5.41, 5.74) is 2.32. The molecule has 2 aromatic rings. The van der Waals surface area contributed by atoms with Gasteiger partial charge in [0.1, 0.15) is 0 Å². The molecule has 1 atom stereocenters. The molecule has 3 N–H and O–H groups in total. The zero-order valence-corrected chi connectivity index (χ0v) is 14.7. The summed E-state index contributed by atoms with van der Waals surface area (Å²) in [6.07, 6.45) is 1.81.